The highest BCUT2D eigenvalue weighted by Crippen LogP contribution is 2.21. The minimum atomic E-state index is -0.0905. The fourth-order valence-corrected chi connectivity index (χ4v) is 3.13. The first-order valence-corrected chi connectivity index (χ1v) is 10.3. The van der Waals surface area contributed by atoms with E-state index >= 15 is 0 Å². The number of nitrogens with one attached hydrogen (secondary N) is 2. The summed E-state index contributed by atoms with van der Waals surface area (Å²) < 4.78 is 5.16. The van der Waals surface area contributed by atoms with E-state index in [0.29, 0.717) is 17.9 Å². The third-order valence-corrected chi connectivity index (χ3v) is 4.79. The van der Waals surface area contributed by atoms with Gasteiger partial charge in [0.2, 0.25) is 0 Å². The highest BCUT2D eigenvalue weighted by Gasteiger charge is 2.12. The monoisotopic (exact) mass is 404 g/mol. The lowest BCUT2D eigenvalue weighted by Gasteiger charge is -2.10. The van der Waals surface area contributed by atoms with E-state index in [9.17, 15) is 4.79 Å². The Bertz CT molecular complexity index is 1000. The molecular formula is C24H28N4O2. The predicted molar refractivity (Wildman–Crippen MR) is 122 cm³/mol. The number of hydrogen-bond acceptors (Lipinski definition) is 5. The van der Waals surface area contributed by atoms with Gasteiger partial charge in [-0.2, -0.15) is 5.10 Å². The van der Waals surface area contributed by atoms with Gasteiger partial charge in [0, 0.05) is 11.9 Å². The molecule has 0 atom stereocenters. The Hall–Kier alpha value is -3.41. The lowest BCUT2D eigenvalue weighted by molar-refractivity contribution is 0.0954. The number of unbranched alkanes of at least 4 members (excludes halogenated alkanes) is 3. The van der Waals surface area contributed by atoms with Crippen molar-refractivity contribution in [2.75, 3.05) is 19.1 Å². The number of carbonyl (C=O) groups is 1. The molecule has 0 saturated carbocycles. The molecule has 1 aromatic heterocycles. The molecule has 1 amide bonds. The van der Waals surface area contributed by atoms with Crippen molar-refractivity contribution in [2.45, 2.75) is 32.6 Å². The molecule has 0 spiro atoms. The van der Waals surface area contributed by atoms with Crippen molar-refractivity contribution in [3.63, 3.8) is 0 Å². The number of aromatic nitrogens is 1. The molecular weight excluding hydrogens is 376 g/mol. The van der Waals surface area contributed by atoms with Crippen LogP contribution in [0.25, 0.3) is 10.9 Å². The highest BCUT2D eigenvalue weighted by atomic mass is 16.5. The molecule has 0 fully saturated rings. The molecule has 156 valence electrons. The van der Waals surface area contributed by atoms with Crippen LogP contribution < -0.4 is 15.5 Å². The van der Waals surface area contributed by atoms with Gasteiger partial charge in [0.05, 0.1) is 24.4 Å². The van der Waals surface area contributed by atoms with Crippen LogP contribution in [0, 0.1) is 0 Å². The molecule has 0 bridgehead atoms. The number of carbonyl (C=O) groups excluding carboxylic acids is 1. The lowest BCUT2D eigenvalue weighted by Crippen LogP contribution is -2.25. The number of methoxy groups -OCH3 is 1. The van der Waals surface area contributed by atoms with Crippen molar-refractivity contribution in [2.24, 2.45) is 5.10 Å². The van der Waals surface area contributed by atoms with Crippen molar-refractivity contribution in [3.05, 3.63) is 65.7 Å². The van der Waals surface area contributed by atoms with Gasteiger partial charge in [0.15, 0.2) is 0 Å². The summed E-state index contributed by atoms with van der Waals surface area (Å²) in [7, 11) is 1.63. The number of nitrogens with zero attached hydrogens (tertiary/aromatic N) is 2. The van der Waals surface area contributed by atoms with Gasteiger partial charge in [-0.3, -0.25) is 10.2 Å². The molecule has 0 aliphatic carbocycles. The van der Waals surface area contributed by atoms with Crippen LogP contribution in [0.3, 0.4) is 0 Å². The molecule has 30 heavy (non-hydrogen) atoms. The first-order valence-electron chi connectivity index (χ1n) is 10.3. The van der Waals surface area contributed by atoms with Crippen molar-refractivity contribution in [1.29, 1.82) is 0 Å². The Morgan fingerprint density at radius 1 is 1.10 bits per heavy atom. The van der Waals surface area contributed by atoms with Gasteiger partial charge in [-0.25, -0.2) is 4.98 Å². The average Bonchev–Trinajstić information content (AvgIpc) is 2.78. The third kappa shape index (κ3) is 5.80. The quantitative estimate of drug-likeness (QED) is 0.283. The van der Waals surface area contributed by atoms with Gasteiger partial charge >= 0.3 is 0 Å². The summed E-state index contributed by atoms with van der Waals surface area (Å²) in [6.07, 6.45) is 6.17. The van der Waals surface area contributed by atoms with Gasteiger partial charge in [-0.05, 0) is 48.4 Å². The standard InChI is InChI=1S/C24H28N4O2/c1-3-4-5-8-15-25-24(29)21-16-23(27-22-10-7-6-9-20(21)22)28-26-17-18-11-13-19(30-2)14-12-18/h6-7,9-14,16-17H,3-5,8,15H2,1-2H3,(H,25,29)(H,27,28)/b26-17+. The van der Waals surface area contributed by atoms with E-state index in [1.807, 2.05) is 48.5 Å². The molecule has 6 heteroatoms. The van der Waals surface area contributed by atoms with Crippen molar-refractivity contribution in [3.8, 4) is 5.75 Å². The number of rotatable bonds is 10. The van der Waals surface area contributed by atoms with E-state index in [2.05, 4.69) is 27.8 Å². The smallest absolute Gasteiger partial charge is 0.252 e. The SMILES string of the molecule is CCCCCCNC(=O)c1cc(N/N=C/c2ccc(OC)cc2)nc2ccccc12. The van der Waals surface area contributed by atoms with Crippen LogP contribution in [0.15, 0.2) is 59.7 Å². The topological polar surface area (TPSA) is 75.6 Å². The second-order valence-electron chi connectivity index (χ2n) is 7.03. The zero-order valence-corrected chi connectivity index (χ0v) is 17.5. The van der Waals surface area contributed by atoms with Crippen LogP contribution in [0.1, 0.15) is 48.5 Å². The first-order chi connectivity index (χ1) is 14.7. The number of ether oxygens (including phenoxy) is 1. The molecule has 2 N–H and O–H groups in total. The average molecular weight is 405 g/mol. The normalized spacial score (nSPS) is 11.0. The maximum Gasteiger partial charge on any atom is 0.252 e. The Labute approximate surface area is 177 Å². The Morgan fingerprint density at radius 2 is 1.90 bits per heavy atom. The predicted octanol–water partition coefficient (Wildman–Crippen LogP) is 5.00. The second kappa shape index (κ2) is 11.0. The van der Waals surface area contributed by atoms with Crippen LogP contribution in [0.4, 0.5) is 5.82 Å². The summed E-state index contributed by atoms with van der Waals surface area (Å²) in [5.74, 6) is 1.23. The third-order valence-electron chi connectivity index (χ3n) is 4.79. The number of hydrazone groups is 1. The number of anilines is 1. The molecule has 0 aliphatic heterocycles. The Morgan fingerprint density at radius 3 is 2.67 bits per heavy atom. The summed E-state index contributed by atoms with van der Waals surface area (Å²) in [6, 6.07) is 16.9. The van der Waals surface area contributed by atoms with Crippen molar-refractivity contribution >= 4 is 28.8 Å². The number of fused-ring (bicyclic) bond motifs is 1. The minimum Gasteiger partial charge on any atom is -0.497 e. The van der Waals surface area contributed by atoms with Gasteiger partial charge in [0.1, 0.15) is 11.6 Å². The maximum atomic E-state index is 12.8. The highest BCUT2D eigenvalue weighted by molar-refractivity contribution is 6.07. The number of amides is 1. The van der Waals surface area contributed by atoms with E-state index in [1.54, 1.807) is 19.4 Å². The second-order valence-corrected chi connectivity index (χ2v) is 7.03. The summed E-state index contributed by atoms with van der Waals surface area (Å²) >= 11 is 0. The summed E-state index contributed by atoms with van der Waals surface area (Å²) in [4.78, 5) is 17.4. The summed E-state index contributed by atoms with van der Waals surface area (Å²) in [6.45, 7) is 2.85. The molecule has 0 unspecified atom stereocenters. The zero-order valence-electron chi connectivity index (χ0n) is 17.5. The van der Waals surface area contributed by atoms with E-state index in [-0.39, 0.29) is 5.91 Å². The van der Waals surface area contributed by atoms with Crippen LogP contribution >= 0.6 is 0 Å². The van der Waals surface area contributed by atoms with Crippen LogP contribution in [0.5, 0.6) is 5.75 Å². The molecule has 2 aromatic carbocycles. The zero-order chi connectivity index (χ0) is 21.2. The molecule has 0 saturated heterocycles. The minimum absolute atomic E-state index is 0.0905. The number of para-hydroxylation sites is 1. The Kier molecular flexibility index (Phi) is 7.78. The van der Waals surface area contributed by atoms with Crippen LogP contribution in [-0.2, 0) is 0 Å². The van der Waals surface area contributed by atoms with Crippen molar-refractivity contribution in [1.82, 2.24) is 10.3 Å². The summed E-state index contributed by atoms with van der Waals surface area (Å²) in [5, 5.41) is 8.11. The fourth-order valence-electron chi connectivity index (χ4n) is 3.13. The number of hydrogen-bond donors (Lipinski definition) is 2. The molecule has 0 radical (unpaired) electrons. The van der Waals surface area contributed by atoms with E-state index in [0.717, 1.165) is 35.1 Å². The van der Waals surface area contributed by atoms with E-state index in [1.165, 1.54) is 12.8 Å². The number of benzene rings is 2. The van der Waals surface area contributed by atoms with Gasteiger partial charge in [-0.15, -0.1) is 0 Å². The fraction of sp³-hybridized carbons (Fsp3) is 0.292. The first kappa shape index (κ1) is 21.3. The molecule has 3 aromatic rings. The largest absolute Gasteiger partial charge is 0.497 e. The molecule has 6 nitrogen and oxygen atoms in total. The summed E-state index contributed by atoms with van der Waals surface area (Å²) in [5.41, 5.74) is 5.21. The van der Waals surface area contributed by atoms with E-state index in [4.69, 9.17) is 4.74 Å². The van der Waals surface area contributed by atoms with E-state index < -0.39 is 0 Å². The number of pyridine rings is 1. The molecule has 1 heterocycles. The van der Waals surface area contributed by atoms with Crippen LogP contribution in [-0.4, -0.2) is 30.8 Å². The molecule has 0 aliphatic rings. The van der Waals surface area contributed by atoms with Gasteiger partial charge < -0.3 is 10.1 Å². The molecule has 3 rings (SSSR count). The lowest BCUT2D eigenvalue weighted by atomic mass is 10.1. The van der Waals surface area contributed by atoms with Gasteiger partial charge in [-0.1, -0.05) is 44.4 Å². The van der Waals surface area contributed by atoms with Crippen LogP contribution in [0.2, 0.25) is 0 Å². The van der Waals surface area contributed by atoms with Crippen molar-refractivity contribution < 1.29 is 9.53 Å². The Balaban J connectivity index is 1.73. The van der Waals surface area contributed by atoms with Gasteiger partial charge in [0.25, 0.3) is 5.91 Å². The maximum absolute atomic E-state index is 12.8.